The van der Waals surface area contributed by atoms with Gasteiger partial charge in [-0.15, -0.1) is 0 Å². The van der Waals surface area contributed by atoms with Crippen LogP contribution in [0.1, 0.15) is 0 Å². The molecule has 6 heteroatoms. The Morgan fingerprint density at radius 1 is 0.312 bits per heavy atom. The van der Waals surface area contributed by atoms with Gasteiger partial charge in [-0.25, -0.2) is 0 Å². The van der Waals surface area contributed by atoms with Crippen molar-refractivity contribution in [3.63, 3.8) is 0 Å². The Labute approximate surface area is 275 Å². The molecule has 228 valence electrons. The molecule has 0 amide bonds. The van der Waals surface area contributed by atoms with Crippen LogP contribution in [-0.2, 0) is 0 Å². The Balaban J connectivity index is 1.70. The summed E-state index contributed by atoms with van der Waals surface area (Å²) in [6.07, 6.45) is 0. The van der Waals surface area contributed by atoms with Crippen LogP contribution in [0, 0.1) is 20.2 Å². The summed E-state index contributed by atoms with van der Waals surface area (Å²) in [6, 6.07) is 50.8. The molecule has 0 atom stereocenters. The molecular weight excluding hydrogens is 596 g/mol. The van der Waals surface area contributed by atoms with Crippen molar-refractivity contribution in [2.24, 2.45) is 0 Å². The third kappa shape index (κ3) is 4.66. The fourth-order valence-corrected chi connectivity index (χ4v) is 7.04. The summed E-state index contributed by atoms with van der Waals surface area (Å²) >= 11 is 0. The predicted octanol–water partition coefficient (Wildman–Crippen LogP) is 11.6. The van der Waals surface area contributed by atoms with E-state index in [2.05, 4.69) is 48.5 Å². The molecule has 0 aromatic heterocycles. The van der Waals surface area contributed by atoms with Crippen molar-refractivity contribution in [2.45, 2.75) is 0 Å². The van der Waals surface area contributed by atoms with Crippen molar-refractivity contribution in [3.8, 4) is 44.5 Å². The minimum Gasteiger partial charge on any atom is -0.258 e. The molecule has 0 aliphatic carbocycles. The van der Waals surface area contributed by atoms with Gasteiger partial charge in [0.2, 0.25) is 0 Å². The highest BCUT2D eigenvalue weighted by Gasteiger charge is 2.26. The van der Waals surface area contributed by atoms with Crippen molar-refractivity contribution in [1.29, 1.82) is 0 Å². The summed E-state index contributed by atoms with van der Waals surface area (Å²) in [4.78, 5) is 22.6. The van der Waals surface area contributed by atoms with Gasteiger partial charge in [-0.2, -0.15) is 0 Å². The average Bonchev–Trinajstić information content (AvgIpc) is 3.13. The fraction of sp³-hybridized carbons (Fsp3) is 0. The molecule has 0 saturated carbocycles. The second-order valence-corrected chi connectivity index (χ2v) is 11.7. The molecule has 0 radical (unpaired) electrons. The third-order valence-electron chi connectivity index (χ3n) is 9.04. The first kappa shape index (κ1) is 28.8. The van der Waals surface area contributed by atoms with Crippen LogP contribution < -0.4 is 0 Å². The molecule has 0 N–H and O–H groups in total. The van der Waals surface area contributed by atoms with Gasteiger partial charge in [0.05, 0.1) is 9.85 Å². The maximum atomic E-state index is 11.7. The highest BCUT2D eigenvalue weighted by atomic mass is 16.6. The van der Waals surface area contributed by atoms with E-state index in [0.29, 0.717) is 0 Å². The highest BCUT2D eigenvalue weighted by Crippen LogP contribution is 2.53. The summed E-state index contributed by atoms with van der Waals surface area (Å²) in [5, 5.41) is 29.5. The first-order valence-electron chi connectivity index (χ1n) is 15.5. The smallest absolute Gasteiger partial charge is 0.258 e. The van der Waals surface area contributed by atoms with E-state index >= 15 is 0 Å². The normalized spacial score (nSPS) is 11.2. The molecule has 0 unspecified atom stereocenters. The van der Waals surface area contributed by atoms with Crippen LogP contribution in [0.4, 0.5) is 11.4 Å². The third-order valence-corrected chi connectivity index (χ3v) is 9.04. The van der Waals surface area contributed by atoms with Gasteiger partial charge < -0.3 is 0 Å². The van der Waals surface area contributed by atoms with Crippen molar-refractivity contribution in [1.82, 2.24) is 0 Å². The molecule has 0 heterocycles. The zero-order chi connectivity index (χ0) is 32.8. The Hall–Kier alpha value is -6.66. The molecule has 0 aliphatic rings. The molecule has 0 aliphatic heterocycles. The first-order valence-corrected chi connectivity index (χ1v) is 15.5. The van der Waals surface area contributed by atoms with E-state index in [1.807, 2.05) is 84.9 Å². The second-order valence-electron chi connectivity index (χ2n) is 11.7. The molecule has 8 aromatic rings. The van der Waals surface area contributed by atoms with Gasteiger partial charge in [-0.05, 0) is 101 Å². The van der Waals surface area contributed by atoms with Gasteiger partial charge >= 0.3 is 0 Å². The number of rotatable bonds is 6. The quantitative estimate of drug-likeness (QED) is 0.105. The fourth-order valence-electron chi connectivity index (χ4n) is 7.04. The lowest BCUT2D eigenvalue weighted by atomic mass is 9.77. The number of nitrogens with zero attached hydrogens (tertiary/aromatic N) is 2. The van der Waals surface area contributed by atoms with Gasteiger partial charge in [0.25, 0.3) is 11.4 Å². The number of benzene rings is 8. The lowest BCUT2D eigenvalue weighted by Crippen LogP contribution is -1.98. The van der Waals surface area contributed by atoms with Crippen LogP contribution in [0.3, 0.4) is 0 Å². The minimum atomic E-state index is -0.381. The second kappa shape index (κ2) is 11.6. The largest absolute Gasteiger partial charge is 0.269 e. The van der Waals surface area contributed by atoms with E-state index in [9.17, 15) is 20.2 Å². The van der Waals surface area contributed by atoms with E-state index in [1.54, 1.807) is 24.3 Å². The van der Waals surface area contributed by atoms with E-state index < -0.39 is 0 Å². The molecule has 0 spiro atoms. The first-order chi connectivity index (χ1) is 23.5. The standard InChI is InChI=1S/C42H26N2O4/c45-43(46)31-23-19-29(20-24-31)39-36-18-10-8-16-34(36)38(28-13-5-2-6-14-28)42-40(30-21-25-32(26-22-30)44(47)48)35-17-9-7-15-33(35)37(41(39)42)27-11-3-1-4-12-27/h1-26H. The minimum absolute atomic E-state index is 0.0218. The maximum Gasteiger partial charge on any atom is 0.269 e. The number of hydrogen-bond donors (Lipinski definition) is 0. The summed E-state index contributed by atoms with van der Waals surface area (Å²) in [6.45, 7) is 0. The van der Waals surface area contributed by atoms with Crippen molar-refractivity contribution in [2.75, 3.05) is 0 Å². The number of non-ortho nitro benzene ring substituents is 2. The molecule has 0 fully saturated rings. The van der Waals surface area contributed by atoms with Gasteiger partial charge in [0, 0.05) is 24.3 Å². The summed E-state index contributed by atoms with van der Waals surface area (Å²) in [5.41, 5.74) is 7.82. The Morgan fingerprint density at radius 3 is 0.833 bits per heavy atom. The Kier molecular flexibility index (Phi) is 6.96. The molecule has 48 heavy (non-hydrogen) atoms. The molecule has 8 rings (SSSR count). The lowest BCUT2D eigenvalue weighted by molar-refractivity contribution is -0.385. The number of nitro groups is 2. The molecular formula is C42H26N2O4. The predicted molar refractivity (Wildman–Crippen MR) is 194 cm³/mol. The van der Waals surface area contributed by atoms with Gasteiger partial charge in [0.1, 0.15) is 0 Å². The maximum absolute atomic E-state index is 11.7. The zero-order valence-corrected chi connectivity index (χ0v) is 25.5. The average molecular weight is 623 g/mol. The molecule has 0 bridgehead atoms. The van der Waals surface area contributed by atoms with E-state index in [4.69, 9.17) is 0 Å². The number of nitro benzene ring substituents is 2. The monoisotopic (exact) mass is 622 g/mol. The van der Waals surface area contributed by atoms with Crippen LogP contribution in [0.2, 0.25) is 0 Å². The summed E-state index contributed by atoms with van der Waals surface area (Å²) in [7, 11) is 0. The van der Waals surface area contributed by atoms with E-state index in [0.717, 1.165) is 76.8 Å². The Bertz CT molecular complexity index is 2350. The van der Waals surface area contributed by atoms with Gasteiger partial charge in [0.15, 0.2) is 0 Å². The molecule has 6 nitrogen and oxygen atoms in total. The van der Waals surface area contributed by atoms with Gasteiger partial charge in [-0.3, -0.25) is 20.2 Å². The topological polar surface area (TPSA) is 86.3 Å². The lowest BCUT2D eigenvalue weighted by Gasteiger charge is -2.25. The van der Waals surface area contributed by atoms with E-state index in [1.165, 1.54) is 0 Å². The van der Waals surface area contributed by atoms with Crippen LogP contribution in [0.5, 0.6) is 0 Å². The molecule has 8 aromatic carbocycles. The molecule has 0 saturated heterocycles. The summed E-state index contributed by atoms with van der Waals surface area (Å²) in [5.74, 6) is 0. The summed E-state index contributed by atoms with van der Waals surface area (Å²) < 4.78 is 0. The van der Waals surface area contributed by atoms with Crippen molar-refractivity contribution < 1.29 is 9.85 Å². The number of hydrogen-bond acceptors (Lipinski definition) is 4. The highest BCUT2D eigenvalue weighted by molar-refractivity contribution is 6.33. The van der Waals surface area contributed by atoms with Gasteiger partial charge in [-0.1, -0.05) is 109 Å². The van der Waals surface area contributed by atoms with Crippen molar-refractivity contribution in [3.05, 3.63) is 178 Å². The number of fused-ring (bicyclic) bond motifs is 3. The van der Waals surface area contributed by atoms with Crippen LogP contribution >= 0.6 is 0 Å². The van der Waals surface area contributed by atoms with E-state index in [-0.39, 0.29) is 21.2 Å². The van der Waals surface area contributed by atoms with Crippen LogP contribution in [0.25, 0.3) is 76.8 Å². The Morgan fingerprint density at radius 2 is 0.562 bits per heavy atom. The van der Waals surface area contributed by atoms with Crippen molar-refractivity contribution >= 4 is 43.7 Å². The van der Waals surface area contributed by atoms with Crippen LogP contribution in [0.15, 0.2) is 158 Å². The van der Waals surface area contributed by atoms with Crippen LogP contribution in [-0.4, -0.2) is 9.85 Å². The SMILES string of the molecule is O=[N+]([O-])c1ccc(-c2c3ccccc3c(-c3ccccc3)c3c(-c4ccc([N+](=O)[O-])cc4)c4ccccc4c(-c4ccccc4)c23)cc1. The zero-order valence-electron chi connectivity index (χ0n) is 25.5.